The molecule has 1 fully saturated rings. The number of hydrogen-bond acceptors (Lipinski definition) is 6. The predicted molar refractivity (Wildman–Crippen MR) is 132 cm³/mol. The number of amides is 3. The Kier molecular flexibility index (Phi) is 10.5. The summed E-state index contributed by atoms with van der Waals surface area (Å²) in [6, 6.07) is 6.16. The molecule has 0 radical (unpaired) electrons. The lowest BCUT2D eigenvalue weighted by molar-refractivity contribution is -0.167. The monoisotopic (exact) mass is 491 g/mol. The number of carbonyl (C=O) groups excluding carboxylic acids is 3. The van der Waals surface area contributed by atoms with Gasteiger partial charge in [0.2, 0.25) is 18.2 Å². The van der Waals surface area contributed by atoms with Gasteiger partial charge in [-0.15, -0.1) is 0 Å². The first-order chi connectivity index (χ1) is 16.5. The largest absolute Gasteiger partial charge is 0.497 e. The molecule has 1 aromatic carbocycles. The Morgan fingerprint density at radius 1 is 1.29 bits per heavy atom. The van der Waals surface area contributed by atoms with Gasteiger partial charge in [-0.25, -0.2) is 5.06 Å². The van der Waals surface area contributed by atoms with E-state index in [0.717, 1.165) is 30.6 Å². The first-order valence-corrected chi connectivity index (χ1v) is 12.2. The van der Waals surface area contributed by atoms with Crippen LogP contribution in [0.15, 0.2) is 24.3 Å². The molecule has 0 bridgehead atoms. The molecule has 2 N–H and O–H groups in total. The number of methoxy groups -OCH3 is 1. The number of hydrogen-bond donors (Lipinski definition) is 2. The third kappa shape index (κ3) is 7.93. The average Bonchev–Trinajstić information content (AvgIpc) is 3.38. The molecule has 0 saturated carbocycles. The third-order valence-corrected chi connectivity index (χ3v) is 6.67. The van der Waals surface area contributed by atoms with E-state index in [-0.39, 0.29) is 18.0 Å². The lowest BCUT2D eigenvalue weighted by Crippen LogP contribution is -2.58. The molecule has 9 heteroatoms. The van der Waals surface area contributed by atoms with E-state index in [9.17, 15) is 19.6 Å². The molecule has 196 valence electrons. The van der Waals surface area contributed by atoms with Gasteiger partial charge >= 0.3 is 0 Å². The zero-order valence-electron chi connectivity index (χ0n) is 21.8. The summed E-state index contributed by atoms with van der Waals surface area (Å²) in [4.78, 5) is 39.6. The molecule has 3 amide bonds. The number of benzene rings is 1. The topological polar surface area (TPSA) is 108 Å². The lowest BCUT2D eigenvalue weighted by atomic mass is 9.84. The summed E-state index contributed by atoms with van der Waals surface area (Å²) in [5, 5.41) is 13.5. The van der Waals surface area contributed by atoms with Crippen molar-refractivity contribution in [2.45, 2.75) is 78.1 Å². The van der Waals surface area contributed by atoms with Crippen LogP contribution in [-0.4, -0.2) is 72.5 Å². The minimum absolute atomic E-state index is 0.223. The van der Waals surface area contributed by atoms with Crippen molar-refractivity contribution in [3.63, 3.8) is 0 Å². The second-order valence-corrected chi connectivity index (χ2v) is 10.3. The van der Waals surface area contributed by atoms with Gasteiger partial charge < -0.3 is 19.7 Å². The van der Waals surface area contributed by atoms with Gasteiger partial charge in [0.15, 0.2) is 0 Å². The Hall–Kier alpha value is -2.65. The summed E-state index contributed by atoms with van der Waals surface area (Å²) in [6.45, 7) is 7.92. The smallest absolute Gasteiger partial charge is 0.247 e. The fourth-order valence-electron chi connectivity index (χ4n) is 4.30. The first-order valence-electron chi connectivity index (χ1n) is 12.2. The van der Waals surface area contributed by atoms with Gasteiger partial charge in [-0.3, -0.25) is 19.6 Å². The van der Waals surface area contributed by atoms with Crippen molar-refractivity contribution in [1.29, 1.82) is 0 Å². The standard InChI is InChI=1S/C26H41N3O6/c1-18(29(33)17-30)21(10-7-9-19-12-14-20(34-6)15-13-19)24(31)27-23(26(2,3)4)25(32)28(5)22-11-8-16-35-22/h12-15,17-18,21-23,33H,7-11,16H2,1-6H3,(H,27,31)/t18-,21+,22?,23+/m0/s1. The minimum Gasteiger partial charge on any atom is -0.497 e. The number of rotatable bonds is 12. The molecule has 9 nitrogen and oxygen atoms in total. The Bertz CT molecular complexity index is 832. The summed E-state index contributed by atoms with van der Waals surface area (Å²) in [5.41, 5.74) is 0.537. The summed E-state index contributed by atoms with van der Waals surface area (Å²) >= 11 is 0. The Morgan fingerprint density at radius 2 is 1.94 bits per heavy atom. The number of nitrogens with zero attached hydrogens (tertiary/aromatic N) is 2. The van der Waals surface area contributed by atoms with E-state index < -0.39 is 23.4 Å². The van der Waals surface area contributed by atoms with Crippen LogP contribution in [0, 0.1) is 11.3 Å². The number of hydroxylamine groups is 2. The van der Waals surface area contributed by atoms with Crippen LogP contribution >= 0.6 is 0 Å². The highest BCUT2D eigenvalue weighted by molar-refractivity contribution is 5.89. The predicted octanol–water partition coefficient (Wildman–Crippen LogP) is 3.00. The van der Waals surface area contributed by atoms with Crippen LogP contribution in [-0.2, 0) is 25.5 Å². The van der Waals surface area contributed by atoms with Gasteiger partial charge in [-0.2, -0.15) is 0 Å². The van der Waals surface area contributed by atoms with Gasteiger partial charge in [-0.05, 0) is 62.1 Å². The van der Waals surface area contributed by atoms with E-state index in [0.29, 0.717) is 30.9 Å². The van der Waals surface area contributed by atoms with Crippen LogP contribution in [0.1, 0.15) is 58.9 Å². The van der Waals surface area contributed by atoms with Gasteiger partial charge in [0, 0.05) is 13.7 Å². The quantitative estimate of drug-likeness (QED) is 0.264. The van der Waals surface area contributed by atoms with Gasteiger partial charge in [-0.1, -0.05) is 32.9 Å². The normalized spacial score (nSPS) is 18.3. The zero-order chi connectivity index (χ0) is 26.2. The molecule has 1 saturated heterocycles. The minimum atomic E-state index is -0.788. The van der Waals surface area contributed by atoms with Crippen LogP contribution in [0.2, 0.25) is 0 Å². The lowest BCUT2D eigenvalue weighted by Gasteiger charge is -2.37. The molecule has 1 unspecified atom stereocenters. The Morgan fingerprint density at radius 3 is 2.46 bits per heavy atom. The average molecular weight is 492 g/mol. The summed E-state index contributed by atoms with van der Waals surface area (Å²) in [5.74, 6) is -0.526. The van der Waals surface area contributed by atoms with E-state index in [4.69, 9.17) is 9.47 Å². The number of likely N-dealkylation sites (N-methyl/N-ethyl adjacent to an activating group) is 1. The van der Waals surface area contributed by atoms with Crippen molar-refractivity contribution in [1.82, 2.24) is 15.3 Å². The maximum Gasteiger partial charge on any atom is 0.247 e. The van der Waals surface area contributed by atoms with Gasteiger partial charge in [0.1, 0.15) is 18.0 Å². The van der Waals surface area contributed by atoms with Crippen molar-refractivity contribution in [3.05, 3.63) is 29.8 Å². The number of nitrogens with one attached hydrogen (secondary N) is 1. The van der Waals surface area contributed by atoms with Gasteiger partial charge in [0.25, 0.3) is 0 Å². The molecule has 2 rings (SSSR count). The fourth-order valence-corrected chi connectivity index (χ4v) is 4.30. The number of carbonyl (C=O) groups is 3. The van der Waals surface area contributed by atoms with Crippen LogP contribution in [0.3, 0.4) is 0 Å². The van der Waals surface area contributed by atoms with Crippen LogP contribution in [0.5, 0.6) is 5.75 Å². The van der Waals surface area contributed by atoms with Crippen molar-refractivity contribution in [3.8, 4) is 5.75 Å². The highest BCUT2D eigenvalue weighted by Crippen LogP contribution is 2.26. The molecular weight excluding hydrogens is 450 g/mol. The Labute approximate surface area is 208 Å². The van der Waals surface area contributed by atoms with E-state index in [1.807, 2.05) is 45.0 Å². The zero-order valence-corrected chi connectivity index (χ0v) is 21.8. The molecule has 1 heterocycles. The van der Waals surface area contributed by atoms with Crippen molar-refractivity contribution < 1.29 is 29.1 Å². The maximum atomic E-state index is 13.5. The molecule has 0 aliphatic carbocycles. The molecule has 0 aromatic heterocycles. The highest BCUT2D eigenvalue weighted by atomic mass is 16.5. The van der Waals surface area contributed by atoms with Crippen molar-refractivity contribution in [2.24, 2.45) is 11.3 Å². The SMILES string of the molecule is COc1ccc(CCC[C@@H](C(=O)N[C@H](C(=O)N(C)C2CCCO2)C(C)(C)C)[C@H](C)N(O)C=O)cc1. The molecular formula is C26H41N3O6. The summed E-state index contributed by atoms with van der Waals surface area (Å²) in [6.07, 6.45) is 3.45. The molecule has 4 atom stereocenters. The second-order valence-electron chi connectivity index (χ2n) is 10.3. The molecule has 35 heavy (non-hydrogen) atoms. The number of ether oxygens (including phenoxy) is 2. The van der Waals surface area contributed by atoms with Crippen LogP contribution in [0.25, 0.3) is 0 Å². The van der Waals surface area contributed by atoms with Crippen LogP contribution < -0.4 is 10.1 Å². The first kappa shape index (κ1) is 28.6. The number of aryl methyl sites for hydroxylation is 1. The molecule has 1 aromatic rings. The summed E-state index contributed by atoms with van der Waals surface area (Å²) in [7, 11) is 3.31. The van der Waals surface area contributed by atoms with Crippen molar-refractivity contribution >= 4 is 18.2 Å². The molecule has 1 aliphatic rings. The fraction of sp³-hybridized carbons (Fsp3) is 0.654. The highest BCUT2D eigenvalue weighted by Gasteiger charge is 2.39. The third-order valence-electron chi connectivity index (χ3n) is 6.67. The van der Waals surface area contributed by atoms with E-state index in [1.54, 1.807) is 26.0 Å². The summed E-state index contributed by atoms with van der Waals surface area (Å²) < 4.78 is 10.8. The molecule has 1 aliphatic heterocycles. The van der Waals surface area contributed by atoms with E-state index in [2.05, 4.69) is 5.32 Å². The van der Waals surface area contributed by atoms with E-state index >= 15 is 0 Å². The van der Waals surface area contributed by atoms with Crippen molar-refractivity contribution in [2.75, 3.05) is 20.8 Å². The molecule has 0 spiro atoms. The van der Waals surface area contributed by atoms with Gasteiger partial charge in [0.05, 0.1) is 19.1 Å². The second kappa shape index (κ2) is 12.9. The maximum absolute atomic E-state index is 13.5. The Balaban J connectivity index is 2.14. The van der Waals surface area contributed by atoms with E-state index in [1.165, 1.54) is 0 Å². The van der Waals surface area contributed by atoms with Crippen LogP contribution in [0.4, 0.5) is 0 Å².